The van der Waals surface area contributed by atoms with Crippen LogP contribution in [-0.2, 0) is 0 Å². The van der Waals surface area contributed by atoms with E-state index in [-0.39, 0.29) is 0 Å². The summed E-state index contributed by atoms with van der Waals surface area (Å²) >= 11 is 0. The van der Waals surface area contributed by atoms with Gasteiger partial charge in [-0.1, -0.05) is 133 Å². The average molecular weight is 775 g/mol. The van der Waals surface area contributed by atoms with Crippen LogP contribution in [0.3, 0.4) is 0 Å². The van der Waals surface area contributed by atoms with Gasteiger partial charge in [0.05, 0.1) is 33.1 Å². The van der Waals surface area contributed by atoms with E-state index in [9.17, 15) is 0 Å². The molecule has 4 aromatic heterocycles. The van der Waals surface area contributed by atoms with Crippen molar-refractivity contribution in [1.82, 2.24) is 8.80 Å². The van der Waals surface area contributed by atoms with Crippen LogP contribution in [0.4, 0.5) is 0 Å². The van der Waals surface area contributed by atoms with E-state index >= 15 is 0 Å². The Bertz CT molecular complexity index is 4160. The zero-order valence-corrected chi connectivity index (χ0v) is 34.1. The molecule has 0 fully saturated rings. The predicted molar refractivity (Wildman–Crippen MR) is 261 cm³/mol. The molecule has 4 heterocycles. The molecule has 2 nitrogen and oxygen atoms in total. The maximum absolute atomic E-state index is 2.53. The summed E-state index contributed by atoms with van der Waals surface area (Å²) < 4.78 is 5.04. The number of rotatable bonds is 3. The monoisotopic (exact) mass is 774 g/mol. The molecule has 0 atom stereocenters. The van der Waals surface area contributed by atoms with Crippen LogP contribution < -0.4 is 0 Å². The summed E-state index contributed by atoms with van der Waals surface area (Å²) in [7, 11) is 0. The third kappa shape index (κ3) is 4.31. The lowest BCUT2D eigenvalue weighted by molar-refractivity contribution is 1.32. The van der Waals surface area contributed by atoms with Crippen LogP contribution in [-0.4, -0.2) is 8.80 Å². The van der Waals surface area contributed by atoms with Crippen molar-refractivity contribution in [2.75, 3.05) is 0 Å². The number of hydrogen-bond donors (Lipinski definition) is 0. The zero-order valence-electron chi connectivity index (χ0n) is 34.1. The van der Waals surface area contributed by atoms with Crippen molar-refractivity contribution >= 4 is 97.7 Å². The second-order valence-electron chi connectivity index (χ2n) is 17.4. The number of aromatic nitrogens is 2. The molecule has 0 aliphatic heterocycles. The average Bonchev–Trinajstić information content (AvgIpc) is 4.02. The summed E-state index contributed by atoms with van der Waals surface area (Å²) in [6, 6.07) is 66.5. The number of hydrogen-bond acceptors (Lipinski definition) is 0. The molecule has 0 unspecified atom stereocenters. The van der Waals surface area contributed by atoms with Crippen LogP contribution in [0.15, 0.2) is 176 Å². The third-order valence-corrected chi connectivity index (χ3v) is 14.0. The Kier molecular flexibility index (Phi) is 6.39. The first-order chi connectivity index (χ1) is 30.0. The molecule has 2 heteroatoms. The third-order valence-electron chi connectivity index (χ3n) is 14.0. The molecule has 10 aromatic carbocycles. The molecule has 14 rings (SSSR count). The van der Waals surface area contributed by atoms with E-state index in [0.29, 0.717) is 0 Å². The van der Waals surface area contributed by atoms with Crippen molar-refractivity contribution in [2.24, 2.45) is 0 Å². The van der Waals surface area contributed by atoms with Crippen LogP contribution in [0, 0.1) is 20.8 Å². The van der Waals surface area contributed by atoms with Crippen LogP contribution >= 0.6 is 0 Å². The first kappa shape index (κ1) is 33.2. The van der Waals surface area contributed by atoms with Crippen LogP contribution in [0.1, 0.15) is 16.7 Å². The molecule has 0 spiro atoms. The Hall–Kier alpha value is -7.68. The van der Waals surface area contributed by atoms with Crippen LogP contribution in [0.25, 0.3) is 131 Å². The number of fused-ring (bicyclic) bond motifs is 16. The Morgan fingerprint density at radius 1 is 0.311 bits per heavy atom. The zero-order chi connectivity index (χ0) is 40.2. The Morgan fingerprint density at radius 3 is 1.70 bits per heavy atom. The van der Waals surface area contributed by atoms with Gasteiger partial charge in [-0.2, -0.15) is 0 Å². The molecule has 0 amide bonds. The summed E-state index contributed by atoms with van der Waals surface area (Å²) in [5.41, 5.74) is 19.2. The maximum Gasteiger partial charge on any atom is 0.0621 e. The van der Waals surface area contributed by atoms with Gasteiger partial charge in [0.1, 0.15) is 0 Å². The quantitative estimate of drug-likeness (QED) is 0.169. The van der Waals surface area contributed by atoms with E-state index in [1.165, 1.54) is 148 Å². The molecule has 0 aliphatic carbocycles. The molecule has 0 aliphatic rings. The largest absolute Gasteiger partial charge is 0.308 e. The van der Waals surface area contributed by atoms with Crippen molar-refractivity contribution in [2.45, 2.75) is 20.8 Å². The van der Waals surface area contributed by atoms with Crippen molar-refractivity contribution in [3.63, 3.8) is 0 Å². The minimum Gasteiger partial charge on any atom is -0.308 e. The van der Waals surface area contributed by atoms with Gasteiger partial charge in [-0.25, -0.2) is 0 Å². The number of aryl methyl sites for hydroxylation is 3. The minimum absolute atomic E-state index is 1.24. The van der Waals surface area contributed by atoms with Crippen LogP contribution in [0.2, 0.25) is 0 Å². The van der Waals surface area contributed by atoms with Gasteiger partial charge in [-0.3, -0.25) is 0 Å². The van der Waals surface area contributed by atoms with Gasteiger partial charge < -0.3 is 8.80 Å². The van der Waals surface area contributed by atoms with Gasteiger partial charge in [0.25, 0.3) is 0 Å². The topological polar surface area (TPSA) is 8.82 Å². The summed E-state index contributed by atoms with van der Waals surface area (Å²) in [5.74, 6) is 0. The highest BCUT2D eigenvalue weighted by atomic mass is 14.9. The van der Waals surface area contributed by atoms with E-state index in [2.05, 4.69) is 205 Å². The summed E-state index contributed by atoms with van der Waals surface area (Å²) in [5, 5.41) is 15.6. The molecule has 284 valence electrons. The fourth-order valence-corrected chi connectivity index (χ4v) is 11.7. The second-order valence-corrected chi connectivity index (χ2v) is 17.4. The molecule has 0 saturated carbocycles. The van der Waals surface area contributed by atoms with Crippen molar-refractivity contribution < 1.29 is 0 Å². The molecular formula is C59H38N2. The van der Waals surface area contributed by atoms with Crippen molar-refractivity contribution in [3.05, 3.63) is 193 Å². The molecule has 0 N–H and O–H groups in total. The molecule has 14 aromatic rings. The smallest absolute Gasteiger partial charge is 0.0621 e. The summed E-state index contributed by atoms with van der Waals surface area (Å²) in [6.07, 6.45) is 0. The lowest BCUT2D eigenvalue weighted by Gasteiger charge is -2.13. The lowest BCUT2D eigenvalue weighted by atomic mass is 9.91. The highest BCUT2D eigenvalue weighted by Gasteiger charge is 2.24. The predicted octanol–water partition coefficient (Wildman–Crippen LogP) is 16.2. The van der Waals surface area contributed by atoms with Gasteiger partial charge in [-0.05, 0) is 135 Å². The molecule has 0 saturated heterocycles. The highest BCUT2D eigenvalue weighted by molar-refractivity contribution is 6.32. The Morgan fingerprint density at radius 2 is 0.885 bits per heavy atom. The maximum atomic E-state index is 2.53. The Labute approximate surface area is 351 Å². The number of nitrogens with zero attached hydrogens (tertiary/aromatic N) is 2. The standard InChI is InChI=1S/C59H38N2/c1-33-27-34(2)55(35(3)28-33)39-21-24-52-48(30-39)49-31-40(32-50-56-42-14-8-7-13-37(42)19-25-53(56)61(52)59(49)50)41-15-9-16-44-43(41)22-26-54-57(44)46-18-10-17-45-47-29-38(36-11-5-4-6-12-36)20-23-51(47)60(54)58(45)46/h4-32H,1-3H3. The van der Waals surface area contributed by atoms with Crippen molar-refractivity contribution in [3.8, 4) is 33.4 Å². The van der Waals surface area contributed by atoms with Gasteiger partial charge in [0.2, 0.25) is 0 Å². The fourth-order valence-electron chi connectivity index (χ4n) is 11.7. The number of benzene rings is 10. The number of para-hydroxylation sites is 1. The molecule has 61 heavy (non-hydrogen) atoms. The summed E-state index contributed by atoms with van der Waals surface area (Å²) in [4.78, 5) is 0. The molecule has 0 radical (unpaired) electrons. The van der Waals surface area contributed by atoms with E-state index in [1.807, 2.05) is 0 Å². The fraction of sp³-hybridized carbons (Fsp3) is 0.0508. The SMILES string of the molecule is Cc1cc(C)c(-c2ccc3c(c2)c2cc(-c4cccc5c4ccc4c5c5cccc6c7cc(-c8ccccc8)ccc7n4c65)cc4c5c6ccccc6ccc5n3c24)c(C)c1. The molecule has 0 bridgehead atoms. The van der Waals surface area contributed by atoms with E-state index < -0.39 is 0 Å². The lowest BCUT2D eigenvalue weighted by Crippen LogP contribution is -1.90. The normalized spacial score (nSPS) is 12.5. The van der Waals surface area contributed by atoms with E-state index in [0.717, 1.165) is 0 Å². The van der Waals surface area contributed by atoms with Gasteiger partial charge >= 0.3 is 0 Å². The highest BCUT2D eigenvalue weighted by Crippen LogP contribution is 2.48. The molecular weight excluding hydrogens is 737 g/mol. The Balaban J connectivity index is 1.06. The van der Waals surface area contributed by atoms with Gasteiger partial charge in [0.15, 0.2) is 0 Å². The first-order valence-electron chi connectivity index (χ1n) is 21.4. The van der Waals surface area contributed by atoms with E-state index in [4.69, 9.17) is 0 Å². The second kappa shape index (κ2) is 11.7. The minimum atomic E-state index is 1.24. The summed E-state index contributed by atoms with van der Waals surface area (Å²) in [6.45, 7) is 6.70. The van der Waals surface area contributed by atoms with Gasteiger partial charge in [0, 0.05) is 43.1 Å². The first-order valence-corrected chi connectivity index (χ1v) is 21.4. The van der Waals surface area contributed by atoms with E-state index in [1.54, 1.807) is 0 Å². The van der Waals surface area contributed by atoms with Gasteiger partial charge in [-0.15, -0.1) is 0 Å². The van der Waals surface area contributed by atoms with Crippen LogP contribution in [0.5, 0.6) is 0 Å². The van der Waals surface area contributed by atoms with Crippen molar-refractivity contribution in [1.29, 1.82) is 0 Å².